The molecule has 0 aromatic heterocycles. The predicted octanol–water partition coefficient (Wildman–Crippen LogP) is -6.29. The number of hydrogen-bond donors (Lipinski definition) is 12. The Morgan fingerprint density at radius 3 is 1.07 bits per heavy atom. The van der Waals surface area contributed by atoms with E-state index >= 15 is 0 Å². The van der Waals surface area contributed by atoms with Gasteiger partial charge in [0.15, 0.2) is 25.2 Å². The molecule has 4 heterocycles. The molecule has 0 saturated carbocycles. The van der Waals surface area contributed by atoms with Gasteiger partial charge in [0.1, 0.15) is 79.4 Å². The highest BCUT2D eigenvalue weighted by molar-refractivity contribution is 4.99. The summed E-state index contributed by atoms with van der Waals surface area (Å²) >= 11 is 0. The van der Waals surface area contributed by atoms with Gasteiger partial charge in [-0.25, -0.2) is 0 Å². The van der Waals surface area contributed by atoms with Crippen molar-refractivity contribution in [3.05, 3.63) is 0 Å². The average molecular weight is 1040 g/mol. The van der Waals surface area contributed by atoms with Crippen LogP contribution in [0.25, 0.3) is 0 Å². The third-order valence-corrected chi connectivity index (χ3v) is 11.9. The minimum absolute atomic E-state index is 0.0291. The highest BCUT2D eigenvalue weighted by Crippen LogP contribution is 2.38. The van der Waals surface area contributed by atoms with Crippen LogP contribution in [0.2, 0.25) is 0 Å². The van der Waals surface area contributed by atoms with Crippen LogP contribution in [-0.2, 0) is 71.1 Å². The lowest BCUT2D eigenvalue weighted by molar-refractivity contribution is -0.393. The number of aliphatic hydroxyl groups excluding tert-OH is 12. The molecule has 20 atom stereocenters. The summed E-state index contributed by atoms with van der Waals surface area (Å²) in [4.78, 5) is 0. The van der Waals surface area contributed by atoms with Gasteiger partial charge in [-0.2, -0.15) is 0 Å². The molecule has 4 rings (SSSR count). The molecule has 4 fully saturated rings. The maximum Gasteiger partial charge on any atom is 0.187 e. The van der Waals surface area contributed by atoms with Crippen molar-refractivity contribution in [2.75, 3.05) is 119 Å². The van der Waals surface area contributed by atoms with Crippen molar-refractivity contribution in [1.82, 2.24) is 0 Å². The first-order chi connectivity index (χ1) is 34.2. The summed E-state index contributed by atoms with van der Waals surface area (Å²) in [6, 6.07) is 0. The van der Waals surface area contributed by atoms with E-state index in [0.717, 1.165) is 0 Å². The van der Waals surface area contributed by atoms with Gasteiger partial charge in [-0.05, 0) is 19.8 Å². The molecule has 0 aliphatic carbocycles. The van der Waals surface area contributed by atoms with Crippen molar-refractivity contribution in [3.8, 4) is 0 Å². The number of hydrogen-bond acceptors (Lipinski definition) is 27. The van der Waals surface area contributed by atoms with E-state index in [1.807, 2.05) is 13.8 Å². The largest absolute Gasteiger partial charge is 0.394 e. The second-order valence-electron chi connectivity index (χ2n) is 17.8. The van der Waals surface area contributed by atoms with Gasteiger partial charge in [0.05, 0.1) is 137 Å². The Morgan fingerprint density at radius 1 is 0.352 bits per heavy atom. The third kappa shape index (κ3) is 18.0. The quantitative estimate of drug-likeness (QED) is 0.0267. The molecule has 4 aliphatic rings. The summed E-state index contributed by atoms with van der Waals surface area (Å²) in [5.74, 6) is -0.773. The van der Waals surface area contributed by atoms with Crippen molar-refractivity contribution in [3.63, 3.8) is 0 Å². The second kappa shape index (κ2) is 33.2. The van der Waals surface area contributed by atoms with Gasteiger partial charge in [-0.1, -0.05) is 13.8 Å². The zero-order valence-corrected chi connectivity index (χ0v) is 40.9. The fourth-order valence-corrected chi connectivity index (χ4v) is 8.84. The van der Waals surface area contributed by atoms with E-state index < -0.39 is 175 Å². The predicted molar refractivity (Wildman–Crippen MR) is 236 cm³/mol. The van der Waals surface area contributed by atoms with Crippen LogP contribution in [0.3, 0.4) is 0 Å². The zero-order valence-electron chi connectivity index (χ0n) is 40.9. The summed E-state index contributed by atoms with van der Waals surface area (Å²) < 4.78 is 89.8. The third-order valence-electron chi connectivity index (χ3n) is 11.9. The maximum absolute atomic E-state index is 12.2. The Bertz CT molecular complexity index is 1370. The van der Waals surface area contributed by atoms with E-state index in [1.165, 1.54) is 0 Å². The molecule has 0 amide bonds. The van der Waals surface area contributed by atoms with E-state index in [0.29, 0.717) is 0 Å². The lowest BCUT2D eigenvalue weighted by atomic mass is 9.81. The minimum Gasteiger partial charge on any atom is -0.394 e. The van der Waals surface area contributed by atoms with Crippen molar-refractivity contribution < 1.29 is 132 Å². The van der Waals surface area contributed by atoms with Crippen LogP contribution in [0.4, 0.5) is 0 Å². The van der Waals surface area contributed by atoms with Crippen molar-refractivity contribution in [2.24, 2.45) is 11.8 Å². The molecule has 0 aromatic rings. The normalized spacial score (nSPS) is 38.1. The first kappa shape index (κ1) is 62.5. The van der Waals surface area contributed by atoms with Crippen LogP contribution in [-0.4, -0.2) is 303 Å². The molecule has 27 nitrogen and oxygen atoms in total. The number of ether oxygens (including phenoxy) is 15. The van der Waals surface area contributed by atoms with E-state index in [-0.39, 0.29) is 78.6 Å². The highest BCUT2D eigenvalue weighted by Gasteiger charge is 2.57. The van der Waals surface area contributed by atoms with Crippen LogP contribution in [0.5, 0.6) is 0 Å². The number of rotatable bonds is 34. The summed E-state index contributed by atoms with van der Waals surface area (Å²) in [5, 5.41) is 126. The molecular formula is C44H82O27. The summed E-state index contributed by atoms with van der Waals surface area (Å²) in [6.07, 6.45) is -28.3. The average Bonchev–Trinajstić information content (AvgIpc) is 3.33. The second-order valence-corrected chi connectivity index (χ2v) is 17.8. The molecular weight excluding hydrogens is 960 g/mol. The SMILES string of the molecule is CC(C)OC1OC(COCCO)C(OC2OC(COCCO)C(OC3OC(COCCO)C(OC4OC(COCCO)C(C(C)C)C(O)C4OCCO)C(O)C3OCCO)C(O)C2O)C(O)C1OCCO. The first-order valence-corrected chi connectivity index (χ1v) is 24.3. The zero-order chi connectivity index (χ0) is 52.0. The lowest BCUT2D eigenvalue weighted by Crippen LogP contribution is -2.68. The summed E-state index contributed by atoms with van der Waals surface area (Å²) in [7, 11) is 0. The molecule has 27 heteroatoms. The van der Waals surface area contributed by atoms with Gasteiger partial charge >= 0.3 is 0 Å². The standard InChI is InChI=1S/C44H82O27/c1-23(2)29-25(19-57-12-5-45)65-43(38(30(29)52)61-16-9-49)71-37-28(22-60-15-8-48)68-44(40(34(37)56)63-18-11-51)70-35-26(20-58-13-6-46)66-41(32(54)31(35)53)69-36-27(21-59-14-7-47)67-42(64-24(3)4)39(33(36)55)62-17-10-50/h23-56H,5-22H2,1-4H3. The van der Waals surface area contributed by atoms with Crippen molar-refractivity contribution in [1.29, 1.82) is 0 Å². The van der Waals surface area contributed by atoms with Gasteiger partial charge < -0.3 is 132 Å². The monoisotopic (exact) mass is 1040 g/mol. The van der Waals surface area contributed by atoms with Crippen LogP contribution in [0.1, 0.15) is 27.7 Å². The fraction of sp³-hybridized carbons (Fsp3) is 1.00. The molecule has 0 spiro atoms. The van der Waals surface area contributed by atoms with E-state index in [1.54, 1.807) is 13.8 Å². The molecule has 4 aliphatic heterocycles. The van der Waals surface area contributed by atoms with Gasteiger partial charge in [0.2, 0.25) is 0 Å². The molecule has 0 bridgehead atoms. The van der Waals surface area contributed by atoms with E-state index in [4.69, 9.17) is 71.1 Å². The Kier molecular flexibility index (Phi) is 29.2. The summed E-state index contributed by atoms with van der Waals surface area (Å²) in [5.41, 5.74) is 0. The Morgan fingerprint density at radius 2 is 0.676 bits per heavy atom. The van der Waals surface area contributed by atoms with Crippen LogP contribution in [0, 0.1) is 11.8 Å². The Labute approximate surface area is 413 Å². The van der Waals surface area contributed by atoms with Gasteiger partial charge in [0, 0.05) is 5.92 Å². The molecule has 0 aromatic carbocycles. The van der Waals surface area contributed by atoms with Crippen LogP contribution >= 0.6 is 0 Å². The topological polar surface area (TPSA) is 381 Å². The smallest absolute Gasteiger partial charge is 0.187 e. The van der Waals surface area contributed by atoms with Gasteiger partial charge in [-0.3, -0.25) is 0 Å². The van der Waals surface area contributed by atoms with E-state index in [9.17, 15) is 61.3 Å². The molecule has 12 N–H and O–H groups in total. The number of aliphatic hydroxyl groups is 12. The van der Waals surface area contributed by atoms with Gasteiger partial charge in [0.25, 0.3) is 0 Å². The van der Waals surface area contributed by atoms with Crippen LogP contribution < -0.4 is 0 Å². The van der Waals surface area contributed by atoms with Crippen molar-refractivity contribution >= 4 is 0 Å². The molecule has 420 valence electrons. The molecule has 0 radical (unpaired) electrons. The minimum atomic E-state index is -1.97. The Hall–Kier alpha value is -1.08. The fourth-order valence-electron chi connectivity index (χ4n) is 8.84. The lowest BCUT2D eigenvalue weighted by Gasteiger charge is -2.51. The van der Waals surface area contributed by atoms with Crippen LogP contribution in [0.15, 0.2) is 0 Å². The van der Waals surface area contributed by atoms with E-state index in [2.05, 4.69) is 0 Å². The van der Waals surface area contributed by atoms with Crippen molar-refractivity contribution in [2.45, 2.75) is 151 Å². The Balaban J connectivity index is 1.66. The maximum atomic E-state index is 12.2. The molecule has 4 saturated heterocycles. The summed E-state index contributed by atoms with van der Waals surface area (Å²) in [6.45, 7) is 1.77. The molecule has 20 unspecified atom stereocenters. The van der Waals surface area contributed by atoms with Gasteiger partial charge in [-0.15, -0.1) is 0 Å². The first-order valence-electron chi connectivity index (χ1n) is 24.3. The highest BCUT2D eigenvalue weighted by atomic mass is 16.8. The molecule has 71 heavy (non-hydrogen) atoms.